The lowest BCUT2D eigenvalue weighted by Gasteiger charge is -2.13. The van der Waals surface area contributed by atoms with E-state index in [9.17, 15) is 4.79 Å². The Balaban J connectivity index is 2.05. The van der Waals surface area contributed by atoms with Gasteiger partial charge in [0.2, 0.25) is 0 Å². The van der Waals surface area contributed by atoms with Crippen LogP contribution in [0.2, 0.25) is 0 Å². The molecule has 0 spiro atoms. The van der Waals surface area contributed by atoms with Crippen LogP contribution in [0.25, 0.3) is 10.8 Å². The SMILES string of the molecule is CCCCC(C)COc1ccc2cc(C(=O)O)ccc2c1. The zero-order valence-corrected chi connectivity index (χ0v) is 12.6. The number of hydrogen-bond acceptors (Lipinski definition) is 2. The number of unbranched alkanes of at least 4 members (excludes halogenated alkanes) is 1. The van der Waals surface area contributed by atoms with Crippen LogP contribution in [0.5, 0.6) is 5.75 Å². The number of rotatable bonds is 7. The summed E-state index contributed by atoms with van der Waals surface area (Å²) < 4.78 is 5.83. The summed E-state index contributed by atoms with van der Waals surface area (Å²) in [4.78, 5) is 11.0. The van der Waals surface area contributed by atoms with Gasteiger partial charge >= 0.3 is 5.97 Å². The molecule has 2 aromatic rings. The summed E-state index contributed by atoms with van der Waals surface area (Å²) in [5.41, 5.74) is 0.310. The van der Waals surface area contributed by atoms with Crippen LogP contribution < -0.4 is 4.74 Å². The van der Waals surface area contributed by atoms with Gasteiger partial charge in [-0.05, 0) is 47.4 Å². The van der Waals surface area contributed by atoms with Gasteiger partial charge in [0.25, 0.3) is 0 Å². The second kappa shape index (κ2) is 7.11. The van der Waals surface area contributed by atoms with Crippen molar-refractivity contribution < 1.29 is 14.6 Å². The van der Waals surface area contributed by atoms with Gasteiger partial charge in [0.1, 0.15) is 5.75 Å². The first kappa shape index (κ1) is 15.4. The maximum absolute atomic E-state index is 11.0. The molecule has 1 N–H and O–H groups in total. The molecule has 0 radical (unpaired) electrons. The first-order valence-electron chi connectivity index (χ1n) is 7.50. The fourth-order valence-corrected chi connectivity index (χ4v) is 2.32. The summed E-state index contributed by atoms with van der Waals surface area (Å²) in [6.07, 6.45) is 3.64. The lowest BCUT2D eigenvalue weighted by molar-refractivity contribution is 0.0697. The lowest BCUT2D eigenvalue weighted by atomic mass is 10.1. The Morgan fingerprint density at radius 2 is 1.90 bits per heavy atom. The molecular formula is C18H22O3. The van der Waals surface area contributed by atoms with Crippen LogP contribution in [-0.4, -0.2) is 17.7 Å². The van der Waals surface area contributed by atoms with E-state index in [0.29, 0.717) is 11.5 Å². The van der Waals surface area contributed by atoms with Gasteiger partial charge in [-0.1, -0.05) is 38.8 Å². The zero-order valence-electron chi connectivity index (χ0n) is 12.6. The van der Waals surface area contributed by atoms with Crippen molar-refractivity contribution in [3.63, 3.8) is 0 Å². The fourth-order valence-electron chi connectivity index (χ4n) is 2.32. The molecule has 0 saturated carbocycles. The van der Waals surface area contributed by atoms with E-state index < -0.39 is 5.97 Å². The van der Waals surface area contributed by atoms with Crippen LogP contribution in [0.1, 0.15) is 43.5 Å². The standard InChI is InChI=1S/C18H22O3/c1-3-4-5-13(2)12-21-17-9-8-14-10-16(18(19)20)7-6-15(14)11-17/h6-11,13H,3-5,12H2,1-2H3,(H,19,20). The van der Waals surface area contributed by atoms with Crippen LogP contribution in [-0.2, 0) is 0 Å². The molecule has 2 rings (SSSR count). The predicted molar refractivity (Wildman–Crippen MR) is 85.1 cm³/mol. The highest BCUT2D eigenvalue weighted by molar-refractivity contribution is 5.94. The maximum Gasteiger partial charge on any atom is 0.335 e. The average molecular weight is 286 g/mol. The molecule has 3 nitrogen and oxygen atoms in total. The van der Waals surface area contributed by atoms with Crippen molar-refractivity contribution in [3.8, 4) is 5.75 Å². The number of carbonyl (C=O) groups is 1. The first-order valence-corrected chi connectivity index (χ1v) is 7.50. The van der Waals surface area contributed by atoms with E-state index in [1.54, 1.807) is 12.1 Å². The first-order chi connectivity index (χ1) is 10.1. The van der Waals surface area contributed by atoms with Gasteiger partial charge in [-0.15, -0.1) is 0 Å². The number of ether oxygens (including phenoxy) is 1. The molecule has 2 aromatic carbocycles. The molecule has 0 amide bonds. The van der Waals surface area contributed by atoms with Crippen molar-refractivity contribution in [1.29, 1.82) is 0 Å². The van der Waals surface area contributed by atoms with Crippen LogP contribution >= 0.6 is 0 Å². The van der Waals surface area contributed by atoms with Gasteiger partial charge in [-0.2, -0.15) is 0 Å². The fraction of sp³-hybridized carbons (Fsp3) is 0.389. The van der Waals surface area contributed by atoms with Crippen molar-refractivity contribution in [1.82, 2.24) is 0 Å². The second-order valence-electron chi connectivity index (χ2n) is 5.59. The Morgan fingerprint density at radius 3 is 2.62 bits per heavy atom. The summed E-state index contributed by atoms with van der Waals surface area (Å²) in [5.74, 6) is 0.492. The molecule has 1 atom stereocenters. The molecule has 112 valence electrons. The zero-order chi connectivity index (χ0) is 15.2. The van der Waals surface area contributed by atoms with Crippen LogP contribution in [0.15, 0.2) is 36.4 Å². The third kappa shape index (κ3) is 4.22. The van der Waals surface area contributed by atoms with Crippen molar-refractivity contribution in [2.24, 2.45) is 5.92 Å². The Labute approximate surface area is 125 Å². The molecule has 3 heteroatoms. The van der Waals surface area contributed by atoms with Gasteiger partial charge < -0.3 is 9.84 Å². The topological polar surface area (TPSA) is 46.5 Å². The highest BCUT2D eigenvalue weighted by Gasteiger charge is 2.06. The minimum atomic E-state index is -0.901. The Hall–Kier alpha value is -2.03. The molecular weight excluding hydrogens is 264 g/mol. The second-order valence-corrected chi connectivity index (χ2v) is 5.59. The molecule has 21 heavy (non-hydrogen) atoms. The number of benzene rings is 2. The maximum atomic E-state index is 11.0. The quantitative estimate of drug-likeness (QED) is 0.799. The predicted octanol–water partition coefficient (Wildman–Crippen LogP) is 4.74. The highest BCUT2D eigenvalue weighted by atomic mass is 16.5. The lowest BCUT2D eigenvalue weighted by Crippen LogP contribution is -2.08. The van der Waals surface area contributed by atoms with E-state index >= 15 is 0 Å². The van der Waals surface area contributed by atoms with E-state index in [1.165, 1.54) is 19.3 Å². The normalized spacial score (nSPS) is 12.3. The smallest absolute Gasteiger partial charge is 0.335 e. The van der Waals surface area contributed by atoms with E-state index in [1.807, 2.05) is 24.3 Å². The highest BCUT2D eigenvalue weighted by Crippen LogP contribution is 2.23. The Bertz CT molecular complexity index is 619. The van der Waals surface area contributed by atoms with Crippen molar-refractivity contribution in [2.45, 2.75) is 33.1 Å². The number of carboxylic acid groups (broad SMARTS) is 1. The molecule has 0 aromatic heterocycles. The van der Waals surface area contributed by atoms with Crippen LogP contribution in [0.4, 0.5) is 0 Å². The van der Waals surface area contributed by atoms with Crippen molar-refractivity contribution >= 4 is 16.7 Å². The molecule has 0 heterocycles. The third-order valence-electron chi connectivity index (χ3n) is 3.64. The third-order valence-corrected chi connectivity index (χ3v) is 3.64. The van der Waals surface area contributed by atoms with E-state index in [2.05, 4.69) is 13.8 Å². The van der Waals surface area contributed by atoms with Crippen molar-refractivity contribution in [2.75, 3.05) is 6.61 Å². The van der Waals surface area contributed by atoms with E-state index in [4.69, 9.17) is 9.84 Å². The van der Waals surface area contributed by atoms with Crippen LogP contribution in [0, 0.1) is 5.92 Å². The van der Waals surface area contributed by atoms with E-state index in [0.717, 1.165) is 23.1 Å². The Morgan fingerprint density at radius 1 is 1.19 bits per heavy atom. The van der Waals surface area contributed by atoms with Gasteiger partial charge in [0, 0.05) is 0 Å². The summed E-state index contributed by atoms with van der Waals surface area (Å²) in [6.45, 7) is 5.12. The van der Waals surface area contributed by atoms with Crippen LogP contribution in [0.3, 0.4) is 0 Å². The number of aromatic carboxylic acids is 1. The number of carboxylic acids is 1. The molecule has 0 aliphatic heterocycles. The van der Waals surface area contributed by atoms with Gasteiger partial charge in [0.15, 0.2) is 0 Å². The summed E-state index contributed by atoms with van der Waals surface area (Å²) in [6, 6.07) is 10.9. The molecule has 1 unspecified atom stereocenters. The number of hydrogen-bond donors (Lipinski definition) is 1. The Kier molecular flexibility index (Phi) is 5.20. The molecule has 0 aliphatic rings. The summed E-state index contributed by atoms with van der Waals surface area (Å²) in [7, 11) is 0. The van der Waals surface area contributed by atoms with Gasteiger partial charge in [-0.25, -0.2) is 4.79 Å². The van der Waals surface area contributed by atoms with Gasteiger partial charge in [0.05, 0.1) is 12.2 Å². The number of fused-ring (bicyclic) bond motifs is 1. The largest absolute Gasteiger partial charge is 0.493 e. The molecule has 0 bridgehead atoms. The summed E-state index contributed by atoms with van der Waals surface area (Å²) >= 11 is 0. The minimum absolute atomic E-state index is 0.310. The average Bonchev–Trinajstić information content (AvgIpc) is 2.50. The summed E-state index contributed by atoms with van der Waals surface area (Å²) in [5, 5.41) is 10.9. The molecule has 0 fully saturated rings. The van der Waals surface area contributed by atoms with Gasteiger partial charge in [-0.3, -0.25) is 0 Å². The van der Waals surface area contributed by atoms with E-state index in [-0.39, 0.29) is 0 Å². The molecule has 0 aliphatic carbocycles. The monoisotopic (exact) mass is 286 g/mol. The van der Waals surface area contributed by atoms with Crippen molar-refractivity contribution in [3.05, 3.63) is 42.0 Å². The minimum Gasteiger partial charge on any atom is -0.493 e. The molecule has 0 saturated heterocycles.